The molecule has 0 heterocycles. The summed E-state index contributed by atoms with van der Waals surface area (Å²) in [7, 11) is 0. The molecule has 23 heavy (non-hydrogen) atoms. The maximum Gasteiger partial charge on any atom is 0.233 e. The summed E-state index contributed by atoms with van der Waals surface area (Å²) in [6, 6.07) is 15.9. The Morgan fingerprint density at radius 2 is 1.74 bits per heavy atom. The number of carbonyl (C=O) groups excluding carboxylic acids is 1. The lowest BCUT2D eigenvalue weighted by atomic mass is 10.1. The molecule has 4 heteroatoms. The van der Waals surface area contributed by atoms with Crippen molar-refractivity contribution in [3.8, 4) is 0 Å². The molecule has 2 aromatic carbocycles. The van der Waals surface area contributed by atoms with Crippen LogP contribution in [0, 0.1) is 6.92 Å². The molecule has 0 aliphatic carbocycles. The molecule has 0 aromatic heterocycles. The molecule has 0 fully saturated rings. The molecule has 0 saturated heterocycles. The minimum absolute atomic E-state index is 0.00275. The fourth-order valence-electron chi connectivity index (χ4n) is 2.24. The highest BCUT2D eigenvalue weighted by atomic mass is 35.5. The first-order valence-corrected chi connectivity index (χ1v) is 9.04. The molecule has 2 atom stereocenters. The molecule has 1 N–H and O–H groups in total. The summed E-state index contributed by atoms with van der Waals surface area (Å²) in [6.45, 7) is 6.11. The van der Waals surface area contributed by atoms with Crippen LogP contribution in [0.3, 0.4) is 0 Å². The van der Waals surface area contributed by atoms with Crippen molar-refractivity contribution in [2.75, 3.05) is 0 Å². The van der Waals surface area contributed by atoms with E-state index in [1.165, 1.54) is 5.56 Å². The number of hydrogen-bond donors (Lipinski definition) is 1. The van der Waals surface area contributed by atoms with Crippen LogP contribution in [0.1, 0.15) is 37.4 Å². The quantitative estimate of drug-likeness (QED) is 0.709. The van der Waals surface area contributed by atoms with Gasteiger partial charge >= 0.3 is 0 Å². The predicted molar refractivity (Wildman–Crippen MR) is 99.1 cm³/mol. The molecule has 2 rings (SSSR count). The molecule has 0 saturated carbocycles. The van der Waals surface area contributed by atoms with E-state index in [9.17, 15) is 4.79 Å². The van der Waals surface area contributed by atoms with E-state index in [1.807, 2.05) is 38.1 Å². The number of amides is 1. The number of thioether (sulfide) groups is 1. The average Bonchev–Trinajstić information content (AvgIpc) is 2.54. The lowest BCUT2D eigenvalue weighted by Gasteiger charge is -2.19. The van der Waals surface area contributed by atoms with E-state index in [1.54, 1.807) is 11.8 Å². The van der Waals surface area contributed by atoms with Gasteiger partial charge in [-0.05, 0) is 50.1 Å². The van der Waals surface area contributed by atoms with Crippen molar-refractivity contribution in [1.29, 1.82) is 0 Å². The summed E-state index contributed by atoms with van der Waals surface area (Å²) in [5.41, 5.74) is 2.34. The molecule has 1 amide bonds. The molecule has 0 radical (unpaired) electrons. The molecule has 0 aliphatic heterocycles. The molecule has 0 unspecified atom stereocenters. The number of aryl methyl sites for hydroxylation is 1. The van der Waals surface area contributed by atoms with Gasteiger partial charge in [0, 0.05) is 9.92 Å². The maximum atomic E-state index is 12.5. The van der Waals surface area contributed by atoms with Crippen molar-refractivity contribution >= 4 is 29.3 Å². The Balaban J connectivity index is 1.99. The van der Waals surface area contributed by atoms with Crippen molar-refractivity contribution in [2.45, 2.75) is 43.4 Å². The van der Waals surface area contributed by atoms with Gasteiger partial charge in [0.25, 0.3) is 0 Å². The highest BCUT2D eigenvalue weighted by Crippen LogP contribution is 2.27. The van der Waals surface area contributed by atoms with Gasteiger partial charge in [0.1, 0.15) is 0 Å². The van der Waals surface area contributed by atoms with Crippen molar-refractivity contribution < 1.29 is 4.79 Å². The Labute approximate surface area is 147 Å². The number of halogens is 1. The van der Waals surface area contributed by atoms with Crippen molar-refractivity contribution in [3.63, 3.8) is 0 Å². The summed E-state index contributed by atoms with van der Waals surface area (Å²) < 4.78 is 0. The van der Waals surface area contributed by atoms with E-state index in [2.05, 4.69) is 36.5 Å². The van der Waals surface area contributed by atoms with Crippen LogP contribution in [0.4, 0.5) is 0 Å². The number of rotatable bonds is 6. The van der Waals surface area contributed by atoms with Crippen LogP contribution < -0.4 is 5.32 Å². The SMILES string of the molecule is CC[C@@H](Sc1ccc(Cl)cc1)C(=O)N[C@@H](C)c1ccc(C)cc1. The minimum Gasteiger partial charge on any atom is -0.349 e. The molecule has 0 bridgehead atoms. The third-order valence-electron chi connectivity index (χ3n) is 3.69. The first-order valence-electron chi connectivity index (χ1n) is 7.78. The van der Waals surface area contributed by atoms with Crippen LogP contribution in [-0.4, -0.2) is 11.2 Å². The summed E-state index contributed by atoms with van der Waals surface area (Å²) in [5, 5.41) is 3.71. The molecular weight excluding hydrogens is 326 g/mol. The number of nitrogens with one attached hydrogen (secondary N) is 1. The van der Waals surface area contributed by atoms with Crippen molar-refractivity contribution in [1.82, 2.24) is 5.32 Å². The van der Waals surface area contributed by atoms with Gasteiger partial charge in [0.05, 0.1) is 11.3 Å². The van der Waals surface area contributed by atoms with Gasteiger partial charge in [-0.1, -0.05) is 48.4 Å². The third-order valence-corrected chi connectivity index (χ3v) is 5.32. The van der Waals surface area contributed by atoms with Crippen molar-refractivity contribution in [2.24, 2.45) is 0 Å². The summed E-state index contributed by atoms with van der Waals surface area (Å²) in [5.74, 6) is 0.0699. The Morgan fingerprint density at radius 3 is 2.30 bits per heavy atom. The number of benzene rings is 2. The number of carbonyl (C=O) groups is 1. The van der Waals surface area contributed by atoms with Crippen LogP contribution >= 0.6 is 23.4 Å². The molecule has 2 aromatic rings. The topological polar surface area (TPSA) is 29.1 Å². The standard InChI is InChI=1S/C19H22ClNOS/c1-4-18(23-17-11-9-16(20)10-12-17)19(22)21-14(3)15-7-5-13(2)6-8-15/h5-12,14,18H,4H2,1-3H3,(H,21,22)/t14-,18+/m0/s1. The molecule has 2 nitrogen and oxygen atoms in total. The zero-order valence-electron chi connectivity index (χ0n) is 13.7. The Bertz CT molecular complexity index is 639. The van der Waals surface area contributed by atoms with E-state index in [0.29, 0.717) is 5.02 Å². The van der Waals surface area contributed by atoms with Gasteiger partial charge in [-0.25, -0.2) is 0 Å². The monoisotopic (exact) mass is 347 g/mol. The van der Waals surface area contributed by atoms with E-state index in [0.717, 1.165) is 16.9 Å². The Morgan fingerprint density at radius 1 is 1.13 bits per heavy atom. The van der Waals surface area contributed by atoms with Gasteiger partial charge in [-0.2, -0.15) is 0 Å². The summed E-state index contributed by atoms with van der Waals surface area (Å²) in [6.07, 6.45) is 0.778. The normalized spacial score (nSPS) is 13.4. The first kappa shape index (κ1) is 17.9. The average molecular weight is 348 g/mol. The molecular formula is C19H22ClNOS. The zero-order valence-corrected chi connectivity index (χ0v) is 15.2. The lowest BCUT2D eigenvalue weighted by Crippen LogP contribution is -2.34. The largest absolute Gasteiger partial charge is 0.349 e. The fourth-order valence-corrected chi connectivity index (χ4v) is 3.33. The minimum atomic E-state index is -0.107. The first-order chi connectivity index (χ1) is 11.0. The zero-order chi connectivity index (χ0) is 16.8. The number of hydrogen-bond acceptors (Lipinski definition) is 2. The summed E-state index contributed by atoms with van der Waals surface area (Å²) >= 11 is 7.48. The molecule has 0 aliphatic rings. The Hall–Kier alpha value is -1.45. The highest BCUT2D eigenvalue weighted by Gasteiger charge is 2.20. The molecule has 0 spiro atoms. The maximum absolute atomic E-state index is 12.5. The fraction of sp³-hybridized carbons (Fsp3) is 0.316. The van der Waals surface area contributed by atoms with Gasteiger partial charge < -0.3 is 5.32 Å². The molecule has 122 valence electrons. The van der Waals surface area contributed by atoms with Gasteiger partial charge in [-0.3, -0.25) is 4.79 Å². The van der Waals surface area contributed by atoms with Gasteiger partial charge in [0.2, 0.25) is 5.91 Å². The lowest BCUT2D eigenvalue weighted by molar-refractivity contribution is -0.121. The van der Waals surface area contributed by atoms with Crippen LogP contribution in [0.25, 0.3) is 0 Å². The van der Waals surface area contributed by atoms with Crippen LogP contribution in [0.2, 0.25) is 5.02 Å². The van der Waals surface area contributed by atoms with E-state index in [-0.39, 0.29) is 17.2 Å². The predicted octanol–water partition coefficient (Wildman–Crippen LogP) is 5.40. The second kappa shape index (κ2) is 8.42. The Kier molecular flexibility index (Phi) is 6.55. The second-order valence-electron chi connectivity index (χ2n) is 5.61. The van der Waals surface area contributed by atoms with Crippen LogP contribution in [0.5, 0.6) is 0 Å². The van der Waals surface area contributed by atoms with Crippen LogP contribution in [-0.2, 0) is 4.79 Å². The van der Waals surface area contributed by atoms with E-state index in [4.69, 9.17) is 11.6 Å². The van der Waals surface area contributed by atoms with E-state index >= 15 is 0 Å². The summed E-state index contributed by atoms with van der Waals surface area (Å²) in [4.78, 5) is 13.6. The van der Waals surface area contributed by atoms with E-state index < -0.39 is 0 Å². The second-order valence-corrected chi connectivity index (χ2v) is 7.32. The van der Waals surface area contributed by atoms with Crippen LogP contribution in [0.15, 0.2) is 53.4 Å². The smallest absolute Gasteiger partial charge is 0.233 e. The van der Waals surface area contributed by atoms with Gasteiger partial charge in [-0.15, -0.1) is 11.8 Å². The van der Waals surface area contributed by atoms with Crippen molar-refractivity contribution in [3.05, 3.63) is 64.7 Å². The third kappa shape index (κ3) is 5.29. The van der Waals surface area contributed by atoms with Gasteiger partial charge in [0.15, 0.2) is 0 Å². The highest BCUT2D eigenvalue weighted by molar-refractivity contribution is 8.00.